The third-order valence-corrected chi connectivity index (χ3v) is 4.29. The quantitative estimate of drug-likeness (QED) is 0.634. The number of thiol groups is 1. The second-order valence-electron chi connectivity index (χ2n) is 4.31. The van der Waals surface area contributed by atoms with Crippen molar-refractivity contribution in [3.05, 3.63) is 48.9 Å². The highest BCUT2D eigenvalue weighted by molar-refractivity contribution is 7.80. The molecular weight excluding hydrogens is 308 g/mol. The molecule has 1 aliphatic rings. The van der Waals surface area contributed by atoms with E-state index in [1.807, 2.05) is 6.07 Å². The van der Waals surface area contributed by atoms with Crippen molar-refractivity contribution in [2.24, 2.45) is 4.99 Å². The Hall–Kier alpha value is -2.12. The standard InChI is InChI=1S/C14H10N2O3S2/c1-19-9-3-2-7-4-8(12(17)15-10(7)6-9)5-11-13(20)16-14(18)21-11/h2-6,20H,1H3,(H,16,18). The normalized spacial score (nSPS) is 15.3. The summed E-state index contributed by atoms with van der Waals surface area (Å²) in [4.78, 5) is 30.3. The molecule has 7 heteroatoms. The van der Waals surface area contributed by atoms with Crippen molar-refractivity contribution in [3.8, 4) is 5.75 Å². The Morgan fingerprint density at radius 3 is 2.86 bits per heavy atom. The first-order valence-electron chi connectivity index (χ1n) is 5.99. The fraction of sp³-hybridized carbons (Fsp3) is 0.0714. The second-order valence-corrected chi connectivity index (χ2v) is 5.78. The third kappa shape index (κ3) is 2.70. The van der Waals surface area contributed by atoms with Crippen LogP contribution in [0.15, 0.2) is 38.6 Å². The number of fused-ring (bicyclic) bond motifs is 1. The lowest BCUT2D eigenvalue weighted by atomic mass is 10.1. The zero-order valence-corrected chi connectivity index (χ0v) is 12.6. The summed E-state index contributed by atoms with van der Waals surface area (Å²) in [6.45, 7) is 0. The number of thiazole rings is 1. The van der Waals surface area contributed by atoms with E-state index in [0.717, 1.165) is 16.6 Å². The lowest BCUT2D eigenvalue weighted by Crippen LogP contribution is -2.30. The minimum Gasteiger partial charge on any atom is -0.497 e. The number of hydrogen-bond acceptors (Lipinski definition) is 5. The van der Waals surface area contributed by atoms with Crippen LogP contribution in [-0.2, 0) is 4.79 Å². The smallest absolute Gasteiger partial charge is 0.305 e. The van der Waals surface area contributed by atoms with Crippen LogP contribution in [0.1, 0.15) is 4.88 Å². The van der Waals surface area contributed by atoms with Gasteiger partial charge >= 0.3 is 4.87 Å². The van der Waals surface area contributed by atoms with Crippen LogP contribution in [0.2, 0.25) is 0 Å². The summed E-state index contributed by atoms with van der Waals surface area (Å²) in [7, 11) is 1.56. The minimum absolute atomic E-state index is 0.211. The van der Waals surface area contributed by atoms with Crippen molar-refractivity contribution in [1.29, 1.82) is 0 Å². The molecule has 0 spiro atoms. The number of H-pyrrole nitrogens is 1. The summed E-state index contributed by atoms with van der Waals surface area (Å²) >= 11 is 5.17. The first-order chi connectivity index (χ1) is 10.1. The SMILES string of the molecule is COc1ccc2c(c1)=NC(=O)C(=Cc1sc(=O)[nH]c1S)C=2. The molecular formula is C14H10N2O3S2. The lowest BCUT2D eigenvalue weighted by molar-refractivity contribution is -0.114. The highest BCUT2D eigenvalue weighted by Crippen LogP contribution is 2.19. The zero-order chi connectivity index (χ0) is 15.0. The summed E-state index contributed by atoms with van der Waals surface area (Å²) in [6, 6.07) is 5.34. The van der Waals surface area contributed by atoms with Crippen LogP contribution in [0.4, 0.5) is 0 Å². The molecule has 1 aromatic carbocycles. The van der Waals surface area contributed by atoms with Crippen molar-refractivity contribution >= 4 is 42.0 Å². The number of carbonyl (C=O) groups is 1. The first-order valence-corrected chi connectivity index (χ1v) is 7.26. The third-order valence-electron chi connectivity index (χ3n) is 2.96. The molecule has 21 heavy (non-hydrogen) atoms. The maximum atomic E-state index is 12.1. The van der Waals surface area contributed by atoms with Gasteiger partial charge in [0.25, 0.3) is 5.91 Å². The van der Waals surface area contributed by atoms with Crippen molar-refractivity contribution in [1.82, 2.24) is 4.98 Å². The van der Waals surface area contributed by atoms with Gasteiger partial charge in [-0.25, -0.2) is 4.99 Å². The second kappa shape index (κ2) is 5.34. The average molecular weight is 318 g/mol. The van der Waals surface area contributed by atoms with E-state index in [0.29, 0.717) is 26.6 Å². The Bertz CT molecular complexity index is 938. The molecule has 1 N–H and O–H groups in total. The highest BCUT2D eigenvalue weighted by Gasteiger charge is 2.12. The van der Waals surface area contributed by atoms with Gasteiger partial charge in [0.2, 0.25) is 0 Å². The Labute approximate surface area is 128 Å². The molecule has 0 bridgehead atoms. The van der Waals surface area contributed by atoms with E-state index in [-0.39, 0.29) is 10.8 Å². The summed E-state index contributed by atoms with van der Waals surface area (Å²) in [5, 5.41) is 1.84. The molecule has 106 valence electrons. The Balaban J connectivity index is 2.14. The summed E-state index contributed by atoms with van der Waals surface area (Å²) in [5.41, 5.74) is 0.415. The Kier molecular flexibility index (Phi) is 3.52. The molecule has 0 fully saturated rings. The van der Waals surface area contributed by atoms with E-state index in [4.69, 9.17) is 4.74 Å². The predicted molar refractivity (Wildman–Crippen MR) is 83.4 cm³/mol. The number of carbonyl (C=O) groups excluding carboxylic acids is 1. The van der Waals surface area contributed by atoms with Gasteiger partial charge in [-0.05, 0) is 24.3 Å². The molecule has 0 saturated carbocycles. The van der Waals surface area contributed by atoms with E-state index >= 15 is 0 Å². The lowest BCUT2D eigenvalue weighted by Gasteiger charge is -2.04. The van der Waals surface area contributed by atoms with Crippen LogP contribution in [0.3, 0.4) is 0 Å². The number of nitrogens with zero attached hydrogens (tertiary/aromatic N) is 1. The van der Waals surface area contributed by atoms with E-state index in [1.165, 1.54) is 0 Å². The van der Waals surface area contributed by atoms with Crippen molar-refractivity contribution in [2.45, 2.75) is 5.03 Å². The molecule has 3 rings (SSSR count). The monoisotopic (exact) mass is 318 g/mol. The largest absolute Gasteiger partial charge is 0.497 e. The minimum atomic E-state index is -0.357. The van der Waals surface area contributed by atoms with Gasteiger partial charge in [-0.2, -0.15) is 0 Å². The van der Waals surface area contributed by atoms with Gasteiger partial charge in [0.05, 0.1) is 22.4 Å². The van der Waals surface area contributed by atoms with Crippen LogP contribution in [0, 0.1) is 0 Å². The fourth-order valence-corrected chi connectivity index (χ4v) is 3.01. The van der Waals surface area contributed by atoms with E-state index in [1.54, 1.807) is 31.4 Å². The van der Waals surface area contributed by atoms with E-state index in [9.17, 15) is 9.59 Å². The van der Waals surface area contributed by atoms with Crippen LogP contribution in [-0.4, -0.2) is 18.0 Å². The van der Waals surface area contributed by atoms with Crippen molar-refractivity contribution in [3.63, 3.8) is 0 Å². The topological polar surface area (TPSA) is 71.5 Å². The number of aromatic nitrogens is 1. The van der Waals surface area contributed by atoms with Gasteiger partial charge in [0, 0.05) is 16.9 Å². The number of ether oxygens (including phenoxy) is 1. The van der Waals surface area contributed by atoms with Gasteiger partial charge in [-0.1, -0.05) is 11.3 Å². The van der Waals surface area contributed by atoms with Crippen LogP contribution in [0.5, 0.6) is 5.75 Å². The maximum absolute atomic E-state index is 12.1. The zero-order valence-electron chi connectivity index (χ0n) is 10.9. The molecule has 0 atom stereocenters. The molecule has 1 aromatic heterocycles. The van der Waals surface area contributed by atoms with Gasteiger partial charge in [-0.3, -0.25) is 9.59 Å². The summed E-state index contributed by atoms with van der Waals surface area (Å²) < 4.78 is 5.11. The number of rotatable bonds is 2. The number of methoxy groups -OCH3 is 1. The van der Waals surface area contributed by atoms with Crippen LogP contribution < -0.4 is 20.2 Å². The van der Waals surface area contributed by atoms with Crippen LogP contribution >= 0.6 is 24.0 Å². The number of amides is 1. The molecule has 1 amide bonds. The summed E-state index contributed by atoms with van der Waals surface area (Å²) in [5.74, 6) is 0.289. The molecule has 1 aliphatic heterocycles. The summed E-state index contributed by atoms with van der Waals surface area (Å²) in [6.07, 6.45) is 3.35. The number of hydrogen-bond donors (Lipinski definition) is 2. The van der Waals surface area contributed by atoms with E-state index < -0.39 is 0 Å². The van der Waals surface area contributed by atoms with E-state index in [2.05, 4.69) is 22.6 Å². The number of aromatic amines is 1. The van der Waals surface area contributed by atoms with Crippen molar-refractivity contribution in [2.75, 3.05) is 7.11 Å². The Morgan fingerprint density at radius 1 is 1.38 bits per heavy atom. The van der Waals surface area contributed by atoms with Gasteiger partial charge < -0.3 is 9.72 Å². The molecule has 0 unspecified atom stereocenters. The molecule has 0 aliphatic carbocycles. The molecule has 2 aromatic rings. The molecule has 2 heterocycles. The predicted octanol–water partition coefficient (Wildman–Crippen LogP) is 0.758. The molecule has 0 radical (unpaired) electrons. The average Bonchev–Trinajstić information content (AvgIpc) is 2.77. The molecule has 0 saturated heterocycles. The maximum Gasteiger partial charge on any atom is 0.305 e. The highest BCUT2D eigenvalue weighted by atomic mass is 32.1. The van der Waals surface area contributed by atoms with Crippen LogP contribution in [0.25, 0.3) is 12.2 Å². The first kappa shape index (κ1) is 13.8. The van der Waals surface area contributed by atoms with Crippen molar-refractivity contribution < 1.29 is 9.53 Å². The fourth-order valence-electron chi connectivity index (χ4n) is 1.95. The molecule has 5 nitrogen and oxygen atoms in total. The van der Waals surface area contributed by atoms with Gasteiger partial charge in [-0.15, -0.1) is 12.6 Å². The van der Waals surface area contributed by atoms with Gasteiger partial charge in [0.15, 0.2) is 0 Å². The number of nitrogens with one attached hydrogen (secondary N) is 1. The number of benzene rings is 1. The van der Waals surface area contributed by atoms with Gasteiger partial charge in [0.1, 0.15) is 5.75 Å². The Morgan fingerprint density at radius 2 is 2.19 bits per heavy atom.